The van der Waals surface area contributed by atoms with Crippen LogP contribution in [0.5, 0.6) is 0 Å². The van der Waals surface area contributed by atoms with Crippen molar-refractivity contribution in [3.63, 3.8) is 0 Å². The highest BCUT2D eigenvalue weighted by atomic mass is 16.2. The molecule has 4 rings (SSSR count). The fourth-order valence-corrected chi connectivity index (χ4v) is 3.19. The summed E-state index contributed by atoms with van der Waals surface area (Å²) in [6.45, 7) is 0. The van der Waals surface area contributed by atoms with Crippen LogP contribution in [-0.2, 0) is 0 Å². The molecule has 0 aliphatic heterocycles. The summed E-state index contributed by atoms with van der Waals surface area (Å²) in [4.78, 5) is 36.1. The van der Waals surface area contributed by atoms with Gasteiger partial charge in [0.05, 0.1) is 0 Å². The van der Waals surface area contributed by atoms with Crippen molar-refractivity contribution >= 4 is 29.1 Å². The predicted octanol–water partition coefficient (Wildman–Crippen LogP) is 3.64. The Morgan fingerprint density at radius 3 is 2.11 bits per heavy atom. The number of rotatable bonds is 3. The lowest BCUT2D eigenvalue weighted by Gasteiger charge is -2.09. The molecule has 0 saturated heterocycles. The zero-order valence-corrected chi connectivity index (χ0v) is 14.2. The first-order valence-electron chi connectivity index (χ1n) is 8.29. The molecular formula is C21H15N3O3. The molecule has 0 heterocycles. The third-order valence-corrected chi connectivity index (χ3v) is 4.38. The number of carbonyl (C=O) groups excluding carboxylic acids is 3. The van der Waals surface area contributed by atoms with Crippen molar-refractivity contribution in [3.05, 3.63) is 83.4 Å². The molecule has 0 unspecified atom stereocenters. The summed E-state index contributed by atoms with van der Waals surface area (Å²) in [6, 6.07) is 18.4. The Balaban J connectivity index is 1.60. The third-order valence-electron chi connectivity index (χ3n) is 4.38. The summed E-state index contributed by atoms with van der Waals surface area (Å²) in [7, 11) is 0. The van der Waals surface area contributed by atoms with Gasteiger partial charge in [-0.05, 0) is 41.5 Å². The van der Waals surface area contributed by atoms with Gasteiger partial charge in [0.1, 0.15) is 0 Å². The molecule has 6 nitrogen and oxygen atoms in total. The second kappa shape index (κ2) is 6.42. The van der Waals surface area contributed by atoms with Crippen molar-refractivity contribution in [2.24, 2.45) is 5.73 Å². The van der Waals surface area contributed by atoms with E-state index >= 15 is 0 Å². The van der Waals surface area contributed by atoms with Crippen molar-refractivity contribution in [2.45, 2.75) is 0 Å². The standard InChI is InChI=1S/C21H15N3O3/c22-21(27)24-14-5-3-4-13(11-14)23-20(26)12-8-9-16-15-6-1-2-7-17(15)19(25)18(16)10-12/h1-11H,(H,23,26)(H3,22,24,27). The van der Waals surface area contributed by atoms with Crippen molar-refractivity contribution in [1.29, 1.82) is 0 Å². The second-order valence-electron chi connectivity index (χ2n) is 6.16. The number of urea groups is 1. The highest BCUT2D eigenvalue weighted by molar-refractivity contribution is 6.22. The molecule has 0 spiro atoms. The molecule has 0 radical (unpaired) electrons. The van der Waals surface area contributed by atoms with Crippen LogP contribution in [0.25, 0.3) is 11.1 Å². The Hall–Kier alpha value is -3.93. The minimum absolute atomic E-state index is 0.0806. The van der Waals surface area contributed by atoms with E-state index < -0.39 is 6.03 Å². The maximum absolute atomic E-state index is 12.6. The lowest BCUT2D eigenvalue weighted by Crippen LogP contribution is -2.19. The molecule has 3 aromatic carbocycles. The van der Waals surface area contributed by atoms with E-state index in [1.54, 1.807) is 48.5 Å². The Morgan fingerprint density at radius 2 is 1.37 bits per heavy atom. The number of amides is 3. The Kier molecular flexibility index (Phi) is 3.93. The van der Waals surface area contributed by atoms with Gasteiger partial charge in [0.25, 0.3) is 5.91 Å². The largest absolute Gasteiger partial charge is 0.351 e. The van der Waals surface area contributed by atoms with Crippen LogP contribution in [-0.4, -0.2) is 17.7 Å². The van der Waals surface area contributed by atoms with E-state index in [0.29, 0.717) is 28.1 Å². The van der Waals surface area contributed by atoms with Crippen LogP contribution in [0.4, 0.5) is 16.2 Å². The van der Waals surface area contributed by atoms with Gasteiger partial charge in [-0.1, -0.05) is 36.4 Å². The summed E-state index contributed by atoms with van der Waals surface area (Å²) >= 11 is 0. The minimum atomic E-state index is -0.685. The first-order chi connectivity index (χ1) is 13.0. The average molecular weight is 357 g/mol. The van der Waals surface area contributed by atoms with E-state index in [2.05, 4.69) is 10.6 Å². The molecule has 0 bridgehead atoms. The van der Waals surface area contributed by atoms with Gasteiger partial charge in [0.15, 0.2) is 5.78 Å². The molecule has 1 aliphatic carbocycles. The van der Waals surface area contributed by atoms with Gasteiger partial charge >= 0.3 is 6.03 Å². The molecule has 0 saturated carbocycles. The smallest absolute Gasteiger partial charge is 0.316 e. The molecule has 4 N–H and O–H groups in total. The number of ketones is 1. The van der Waals surface area contributed by atoms with E-state index in [9.17, 15) is 14.4 Å². The number of nitrogens with one attached hydrogen (secondary N) is 2. The summed E-state index contributed by atoms with van der Waals surface area (Å²) in [6.07, 6.45) is 0. The van der Waals surface area contributed by atoms with E-state index in [4.69, 9.17) is 5.73 Å². The first-order valence-corrected chi connectivity index (χ1v) is 8.29. The van der Waals surface area contributed by atoms with Crippen LogP contribution in [0.3, 0.4) is 0 Å². The molecule has 0 aromatic heterocycles. The van der Waals surface area contributed by atoms with Gasteiger partial charge in [-0.15, -0.1) is 0 Å². The number of hydrogen-bond acceptors (Lipinski definition) is 3. The van der Waals surface area contributed by atoms with Gasteiger partial charge in [0, 0.05) is 28.1 Å². The lowest BCUT2D eigenvalue weighted by atomic mass is 10.0. The van der Waals surface area contributed by atoms with Crippen LogP contribution in [0.1, 0.15) is 26.3 Å². The van der Waals surface area contributed by atoms with Gasteiger partial charge in [-0.3, -0.25) is 9.59 Å². The molecular weight excluding hydrogens is 342 g/mol. The maximum Gasteiger partial charge on any atom is 0.316 e. The van der Waals surface area contributed by atoms with Gasteiger partial charge in [0.2, 0.25) is 0 Å². The summed E-state index contributed by atoms with van der Waals surface area (Å²) in [5.41, 5.74) is 9.34. The number of nitrogens with two attached hydrogens (primary N) is 1. The molecule has 1 aliphatic rings. The van der Waals surface area contributed by atoms with Crippen molar-refractivity contribution < 1.29 is 14.4 Å². The van der Waals surface area contributed by atoms with Crippen LogP contribution in [0.15, 0.2) is 66.7 Å². The van der Waals surface area contributed by atoms with E-state index in [-0.39, 0.29) is 11.7 Å². The first kappa shape index (κ1) is 16.5. The normalized spacial score (nSPS) is 11.5. The van der Waals surface area contributed by atoms with Gasteiger partial charge in [-0.25, -0.2) is 4.79 Å². The van der Waals surface area contributed by atoms with Crippen molar-refractivity contribution in [1.82, 2.24) is 0 Å². The van der Waals surface area contributed by atoms with Gasteiger partial charge < -0.3 is 16.4 Å². The Bertz CT molecular complexity index is 1110. The molecule has 6 heteroatoms. The third kappa shape index (κ3) is 3.04. The fraction of sp³-hybridized carbons (Fsp3) is 0. The number of hydrogen-bond donors (Lipinski definition) is 3. The van der Waals surface area contributed by atoms with Crippen LogP contribution in [0, 0.1) is 0 Å². The zero-order chi connectivity index (χ0) is 19.0. The quantitative estimate of drug-likeness (QED) is 0.522. The fourth-order valence-electron chi connectivity index (χ4n) is 3.19. The van der Waals surface area contributed by atoms with E-state index in [1.165, 1.54) is 0 Å². The number of anilines is 2. The van der Waals surface area contributed by atoms with Crippen molar-refractivity contribution in [2.75, 3.05) is 10.6 Å². The Morgan fingerprint density at radius 1 is 0.704 bits per heavy atom. The molecule has 132 valence electrons. The predicted molar refractivity (Wildman–Crippen MR) is 103 cm³/mol. The minimum Gasteiger partial charge on any atom is -0.351 e. The molecule has 0 atom stereocenters. The monoisotopic (exact) mass is 357 g/mol. The summed E-state index contributed by atoms with van der Waals surface area (Å²) in [5, 5.41) is 5.21. The van der Waals surface area contributed by atoms with E-state index in [0.717, 1.165) is 11.1 Å². The molecule has 3 amide bonds. The van der Waals surface area contributed by atoms with Crippen LogP contribution >= 0.6 is 0 Å². The SMILES string of the molecule is NC(=O)Nc1cccc(NC(=O)c2ccc3c(c2)C(=O)c2ccccc2-3)c1. The number of benzene rings is 3. The summed E-state index contributed by atoms with van der Waals surface area (Å²) in [5.74, 6) is -0.430. The van der Waals surface area contributed by atoms with Crippen LogP contribution < -0.4 is 16.4 Å². The van der Waals surface area contributed by atoms with E-state index in [1.807, 2.05) is 18.2 Å². The van der Waals surface area contributed by atoms with Gasteiger partial charge in [-0.2, -0.15) is 0 Å². The highest BCUT2D eigenvalue weighted by Crippen LogP contribution is 2.36. The average Bonchev–Trinajstić information content (AvgIpc) is 2.94. The topological polar surface area (TPSA) is 101 Å². The lowest BCUT2D eigenvalue weighted by molar-refractivity contribution is 0.102. The Labute approximate surface area is 155 Å². The zero-order valence-electron chi connectivity index (χ0n) is 14.2. The van der Waals surface area contributed by atoms with Crippen LogP contribution in [0.2, 0.25) is 0 Å². The second-order valence-corrected chi connectivity index (χ2v) is 6.16. The number of carbonyl (C=O) groups is 3. The van der Waals surface area contributed by atoms with Crippen molar-refractivity contribution in [3.8, 4) is 11.1 Å². The number of fused-ring (bicyclic) bond motifs is 3. The molecule has 0 fully saturated rings. The highest BCUT2D eigenvalue weighted by Gasteiger charge is 2.27. The summed E-state index contributed by atoms with van der Waals surface area (Å²) < 4.78 is 0. The molecule has 27 heavy (non-hydrogen) atoms. The molecule has 3 aromatic rings. The maximum atomic E-state index is 12.6. The number of primary amides is 1.